The number of aliphatic carboxylic acids is 1. The molecule has 0 saturated carbocycles. The van der Waals surface area contributed by atoms with E-state index in [1.54, 1.807) is 23.8 Å². The standard InChI is InChI=1S/C44H74N6O11.C3H8.C2H6/c1-12-27(4)40(49(9)37(53)24-46-43(55)39(26(2)3)48(7)8)34(58-10)23-36(52)50-19-13-14-33(50)41(59-11)28(5)42(54)47-31(20-29-15-17-30(45-6)18-16-29)25-60-38-22-32(51)21-35(61-38)44(56)57;1-3-2;1-2/h15-18,26-28,31-35,38-41,45,51H,12-14,19-25H2,1-11H3,(H,46,55)(H,47,54)(H,56,57);3H2,1-2H3;1-2H3. The van der Waals surface area contributed by atoms with E-state index in [2.05, 4.69) is 29.8 Å². The molecule has 0 radical (unpaired) electrons. The molecule has 17 heteroatoms. The average Bonchev–Trinajstić information content (AvgIpc) is 3.77. The Morgan fingerprint density at radius 3 is 2.08 bits per heavy atom. The molecule has 2 aliphatic heterocycles. The van der Waals surface area contributed by atoms with Crippen LogP contribution in [0.5, 0.6) is 0 Å². The molecule has 11 atom stereocenters. The first-order chi connectivity index (χ1) is 31.3. The molecule has 380 valence electrons. The highest BCUT2D eigenvalue weighted by molar-refractivity contribution is 5.88. The molecular formula is C49H88N6O11. The van der Waals surface area contributed by atoms with Gasteiger partial charge in [-0.1, -0.05) is 87.3 Å². The van der Waals surface area contributed by atoms with Gasteiger partial charge in [0, 0.05) is 53.4 Å². The molecule has 0 spiro atoms. The Hall–Kier alpha value is -3.87. The molecule has 2 aliphatic rings. The lowest BCUT2D eigenvalue weighted by atomic mass is 9.90. The van der Waals surface area contributed by atoms with Gasteiger partial charge in [-0.15, -0.1) is 0 Å². The Bertz CT molecular complexity index is 1580. The number of carbonyl (C=O) groups excluding carboxylic acids is 4. The summed E-state index contributed by atoms with van der Waals surface area (Å²) in [5.41, 5.74) is 1.85. The van der Waals surface area contributed by atoms with Gasteiger partial charge in [-0.25, -0.2) is 4.79 Å². The highest BCUT2D eigenvalue weighted by atomic mass is 16.7. The highest BCUT2D eigenvalue weighted by Gasteiger charge is 2.42. The molecule has 0 aliphatic carbocycles. The molecule has 17 nitrogen and oxygen atoms in total. The third-order valence-electron chi connectivity index (χ3n) is 12.3. The minimum Gasteiger partial charge on any atom is -0.479 e. The van der Waals surface area contributed by atoms with Crippen molar-refractivity contribution < 1.29 is 53.1 Å². The number of rotatable bonds is 24. The first-order valence-corrected chi connectivity index (χ1v) is 24.1. The molecule has 66 heavy (non-hydrogen) atoms. The van der Waals surface area contributed by atoms with Crippen molar-refractivity contribution in [1.29, 1.82) is 0 Å². The van der Waals surface area contributed by atoms with Gasteiger partial charge in [-0.3, -0.25) is 24.1 Å². The summed E-state index contributed by atoms with van der Waals surface area (Å²) >= 11 is 0. The van der Waals surface area contributed by atoms with E-state index in [-0.39, 0.29) is 67.9 Å². The molecule has 3 rings (SSSR count). The Morgan fingerprint density at radius 2 is 1.56 bits per heavy atom. The first-order valence-electron chi connectivity index (χ1n) is 24.1. The van der Waals surface area contributed by atoms with Crippen molar-refractivity contribution in [3.8, 4) is 0 Å². The van der Waals surface area contributed by atoms with Crippen LogP contribution in [-0.4, -0.2) is 171 Å². The number of hydrogen-bond acceptors (Lipinski definition) is 12. The quantitative estimate of drug-likeness (QED) is 0.0947. The van der Waals surface area contributed by atoms with Gasteiger partial charge in [0.25, 0.3) is 0 Å². The zero-order chi connectivity index (χ0) is 50.3. The van der Waals surface area contributed by atoms with Crippen LogP contribution in [0.25, 0.3) is 0 Å². The van der Waals surface area contributed by atoms with Crippen molar-refractivity contribution >= 4 is 35.3 Å². The maximum Gasteiger partial charge on any atom is 0.333 e. The largest absolute Gasteiger partial charge is 0.479 e. The summed E-state index contributed by atoms with van der Waals surface area (Å²) in [6.07, 6.45) is -0.663. The molecule has 1 aromatic carbocycles. The van der Waals surface area contributed by atoms with Gasteiger partial charge in [0.15, 0.2) is 12.4 Å². The fourth-order valence-electron chi connectivity index (χ4n) is 8.78. The number of nitrogens with one attached hydrogen (secondary N) is 3. The summed E-state index contributed by atoms with van der Waals surface area (Å²) in [6, 6.07) is 5.90. The van der Waals surface area contributed by atoms with E-state index in [9.17, 15) is 34.2 Å². The predicted octanol–water partition coefficient (Wildman–Crippen LogP) is 4.79. The summed E-state index contributed by atoms with van der Waals surface area (Å²) in [5.74, 6) is -2.90. The van der Waals surface area contributed by atoms with E-state index < -0.39 is 66.8 Å². The number of anilines is 1. The number of carboxylic acid groups (broad SMARTS) is 1. The Labute approximate surface area is 396 Å². The topological polar surface area (TPSA) is 209 Å². The number of likely N-dealkylation sites (tertiary alicyclic amines) is 1. The molecule has 11 unspecified atom stereocenters. The maximum atomic E-state index is 14.3. The minimum absolute atomic E-state index is 0.00846. The number of ether oxygens (including phenoxy) is 4. The molecule has 2 saturated heterocycles. The number of aliphatic hydroxyl groups is 1. The van der Waals surface area contributed by atoms with Crippen LogP contribution >= 0.6 is 0 Å². The molecule has 0 aromatic heterocycles. The van der Waals surface area contributed by atoms with Crippen molar-refractivity contribution in [2.45, 2.75) is 169 Å². The van der Waals surface area contributed by atoms with Crippen molar-refractivity contribution in [2.75, 3.05) is 67.4 Å². The molecule has 5 N–H and O–H groups in total. The fourth-order valence-corrected chi connectivity index (χ4v) is 8.78. The lowest BCUT2D eigenvalue weighted by molar-refractivity contribution is -0.223. The Morgan fingerprint density at radius 1 is 0.939 bits per heavy atom. The number of aliphatic hydroxyl groups excluding tert-OH is 1. The molecular weight excluding hydrogens is 849 g/mol. The lowest BCUT2D eigenvalue weighted by Gasteiger charge is -2.39. The van der Waals surface area contributed by atoms with Gasteiger partial charge in [-0.05, 0) is 62.9 Å². The second-order valence-electron chi connectivity index (χ2n) is 17.9. The average molecular weight is 937 g/mol. The van der Waals surface area contributed by atoms with Crippen LogP contribution in [0.4, 0.5) is 5.69 Å². The van der Waals surface area contributed by atoms with Crippen molar-refractivity contribution in [3.05, 3.63) is 29.8 Å². The maximum absolute atomic E-state index is 14.3. The second-order valence-corrected chi connectivity index (χ2v) is 17.9. The van der Waals surface area contributed by atoms with Gasteiger partial charge in [0.1, 0.15) is 0 Å². The van der Waals surface area contributed by atoms with Gasteiger partial charge >= 0.3 is 5.97 Å². The summed E-state index contributed by atoms with van der Waals surface area (Å²) in [5, 5.41) is 28.8. The molecule has 1 aromatic rings. The smallest absolute Gasteiger partial charge is 0.333 e. The molecule has 2 fully saturated rings. The van der Waals surface area contributed by atoms with E-state index >= 15 is 0 Å². The zero-order valence-corrected chi connectivity index (χ0v) is 42.9. The van der Waals surface area contributed by atoms with Crippen LogP contribution in [0, 0.1) is 17.8 Å². The fraction of sp³-hybridized carbons (Fsp3) is 0.776. The van der Waals surface area contributed by atoms with Gasteiger partial charge in [-0.2, -0.15) is 0 Å². The van der Waals surface area contributed by atoms with Crippen molar-refractivity contribution in [1.82, 2.24) is 25.3 Å². The predicted molar refractivity (Wildman–Crippen MR) is 258 cm³/mol. The third-order valence-corrected chi connectivity index (χ3v) is 12.3. The number of hydrogen-bond donors (Lipinski definition) is 5. The van der Waals surface area contributed by atoms with Crippen LogP contribution in [0.2, 0.25) is 0 Å². The zero-order valence-electron chi connectivity index (χ0n) is 42.9. The monoisotopic (exact) mass is 937 g/mol. The number of carboxylic acids is 1. The van der Waals surface area contributed by atoms with E-state index in [0.29, 0.717) is 25.8 Å². The summed E-state index contributed by atoms with van der Waals surface area (Å²) < 4.78 is 23.6. The van der Waals surface area contributed by atoms with E-state index in [0.717, 1.165) is 17.7 Å². The molecule has 2 heterocycles. The van der Waals surface area contributed by atoms with E-state index in [4.69, 9.17) is 18.9 Å². The number of carbonyl (C=O) groups is 5. The second kappa shape index (κ2) is 31.2. The number of benzene rings is 1. The SMILES string of the molecule is CC.CCC.CCC(C)C(C(CC(=O)N1CCCC1C(OC)C(C)C(=O)NC(COC1CC(O)CC(C(=O)O)O1)Cc1ccc(NC)cc1)OC)N(C)C(=O)CNC(=O)C(C(C)C)N(C)C. The summed E-state index contributed by atoms with van der Waals surface area (Å²) in [4.78, 5) is 71.7. The minimum atomic E-state index is -1.20. The van der Waals surface area contributed by atoms with Crippen LogP contribution in [0.1, 0.15) is 113 Å². The highest BCUT2D eigenvalue weighted by Crippen LogP contribution is 2.30. The van der Waals surface area contributed by atoms with Crippen LogP contribution in [0.15, 0.2) is 24.3 Å². The van der Waals surface area contributed by atoms with E-state index in [1.165, 1.54) is 20.6 Å². The Balaban J connectivity index is 0.00000417. The number of likely N-dealkylation sites (N-methyl/N-ethyl adjacent to an activating group) is 2. The van der Waals surface area contributed by atoms with Gasteiger partial charge in [0.2, 0.25) is 23.6 Å². The van der Waals surface area contributed by atoms with Crippen LogP contribution in [0.3, 0.4) is 0 Å². The molecule has 4 amide bonds. The number of nitrogens with zero attached hydrogens (tertiary/aromatic N) is 3. The number of methoxy groups -OCH3 is 2. The van der Waals surface area contributed by atoms with Crippen molar-refractivity contribution in [3.63, 3.8) is 0 Å². The molecule has 0 bridgehead atoms. The summed E-state index contributed by atoms with van der Waals surface area (Å²) in [6.45, 7) is 18.2. The van der Waals surface area contributed by atoms with Gasteiger partial charge in [0.05, 0.1) is 68.0 Å². The van der Waals surface area contributed by atoms with Crippen LogP contribution < -0.4 is 16.0 Å². The normalized spacial score (nSPS) is 21.4. The van der Waals surface area contributed by atoms with E-state index in [1.807, 2.05) is 91.9 Å². The van der Waals surface area contributed by atoms with Gasteiger partial charge < -0.3 is 54.9 Å². The number of amides is 4. The first kappa shape index (κ1) is 60.1. The lowest BCUT2D eigenvalue weighted by Crippen LogP contribution is -2.55. The third kappa shape index (κ3) is 18.7. The Kier molecular flexibility index (Phi) is 28.5. The van der Waals surface area contributed by atoms with Crippen molar-refractivity contribution in [2.24, 2.45) is 17.8 Å². The van der Waals surface area contributed by atoms with Crippen LogP contribution in [-0.2, 0) is 49.3 Å². The summed E-state index contributed by atoms with van der Waals surface area (Å²) in [7, 11) is 10.2.